The lowest BCUT2D eigenvalue weighted by Gasteiger charge is -2.13. The van der Waals surface area contributed by atoms with Crippen molar-refractivity contribution in [3.63, 3.8) is 0 Å². The van der Waals surface area contributed by atoms with Gasteiger partial charge in [-0.1, -0.05) is 13.3 Å². The Kier molecular flexibility index (Phi) is 5.51. The summed E-state index contributed by atoms with van der Waals surface area (Å²) in [7, 11) is 0. The lowest BCUT2D eigenvalue weighted by atomic mass is 10.0. The van der Waals surface area contributed by atoms with Crippen LogP contribution in [0.5, 0.6) is 0 Å². The molecule has 6 nitrogen and oxygen atoms in total. The number of rotatable bonds is 7. The molecule has 2 aromatic rings. The summed E-state index contributed by atoms with van der Waals surface area (Å²) in [6.07, 6.45) is 4.85. The fourth-order valence-electron chi connectivity index (χ4n) is 2.44. The first kappa shape index (κ1) is 16.7. The molecule has 1 amide bonds. The zero-order valence-corrected chi connectivity index (χ0v) is 13.3. The van der Waals surface area contributed by atoms with E-state index in [1.807, 2.05) is 32.2 Å². The van der Waals surface area contributed by atoms with Gasteiger partial charge in [-0.25, -0.2) is 4.68 Å². The molecule has 1 heterocycles. The number of carboxylic acids is 1. The summed E-state index contributed by atoms with van der Waals surface area (Å²) in [5.74, 6) is -1.69. The van der Waals surface area contributed by atoms with Crippen LogP contribution in [0.1, 0.15) is 35.7 Å². The van der Waals surface area contributed by atoms with Gasteiger partial charge in [0.1, 0.15) is 0 Å². The summed E-state index contributed by atoms with van der Waals surface area (Å²) in [6, 6.07) is 7.16. The molecule has 0 saturated carbocycles. The van der Waals surface area contributed by atoms with E-state index in [1.54, 1.807) is 23.0 Å². The largest absolute Gasteiger partial charge is 0.481 e. The summed E-state index contributed by atoms with van der Waals surface area (Å²) < 4.78 is 1.73. The maximum Gasteiger partial charge on any atom is 0.308 e. The Hall–Kier alpha value is -2.63. The smallest absolute Gasteiger partial charge is 0.308 e. The average molecular weight is 315 g/mol. The maximum absolute atomic E-state index is 12.2. The highest BCUT2D eigenvalue weighted by atomic mass is 16.4. The average Bonchev–Trinajstić information content (AvgIpc) is 3.04. The van der Waals surface area contributed by atoms with Crippen molar-refractivity contribution in [2.45, 2.75) is 26.7 Å². The number of amides is 1. The van der Waals surface area contributed by atoms with Crippen LogP contribution in [0, 0.1) is 12.8 Å². The standard InChI is InChI=1S/C17H21N3O3/c1-3-5-14(17(22)23)11-18-16(21)13-6-7-15(12(2)10-13)20-9-4-8-19-20/h4,6-10,14H,3,5,11H2,1-2H3,(H,18,21)(H,22,23). The topological polar surface area (TPSA) is 84.2 Å². The number of benzene rings is 1. The van der Waals surface area contributed by atoms with Crippen molar-refractivity contribution < 1.29 is 14.7 Å². The third-order valence-electron chi connectivity index (χ3n) is 3.71. The molecule has 2 rings (SSSR count). The van der Waals surface area contributed by atoms with Crippen molar-refractivity contribution in [3.05, 3.63) is 47.8 Å². The Labute approximate surface area is 135 Å². The van der Waals surface area contributed by atoms with Gasteiger partial charge in [-0.3, -0.25) is 9.59 Å². The number of aryl methyl sites for hydroxylation is 1. The number of nitrogens with zero attached hydrogens (tertiary/aromatic N) is 2. The summed E-state index contributed by atoms with van der Waals surface area (Å²) in [6.45, 7) is 3.97. The molecular formula is C17H21N3O3. The molecule has 23 heavy (non-hydrogen) atoms. The predicted octanol–water partition coefficient (Wildman–Crippen LogP) is 2.41. The van der Waals surface area contributed by atoms with Gasteiger partial charge < -0.3 is 10.4 Å². The second-order valence-electron chi connectivity index (χ2n) is 5.49. The highest BCUT2D eigenvalue weighted by Gasteiger charge is 2.18. The van der Waals surface area contributed by atoms with E-state index >= 15 is 0 Å². The monoisotopic (exact) mass is 315 g/mol. The molecule has 0 radical (unpaired) electrons. The van der Waals surface area contributed by atoms with Gasteiger partial charge >= 0.3 is 5.97 Å². The van der Waals surface area contributed by atoms with Crippen molar-refractivity contribution in [3.8, 4) is 5.69 Å². The summed E-state index contributed by atoms with van der Waals surface area (Å²) in [5, 5.41) is 16.0. The first-order valence-electron chi connectivity index (χ1n) is 7.64. The minimum absolute atomic E-state index is 0.141. The normalized spacial score (nSPS) is 11.9. The van der Waals surface area contributed by atoms with Crippen molar-refractivity contribution in [1.29, 1.82) is 0 Å². The first-order chi connectivity index (χ1) is 11.0. The summed E-state index contributed by atoms with van der Waals surface area (Å²) in [4.78, 5) is 23.3. The quantitative estimate of drug-likeness (QED) is 0.822. The predicted molar refractivity (Wildman–Crippen MR) is 86.7 cm³/mol. The lowest BCUT2D eigenvalue weighted by Crippen LogP contribution is -2.33. The molecule has 0 aliphatic rings. The SMILES string of the molecule is CCCC(CNC(=O)c1ccc(-n2cccn2)c(C)c1)C(=O)O. The molecule has 6 heteroatoms. The number of aromatic nitrogens is 2. The number of carbonyl (C=O) groups is 2. The molecule has 122 valence electrons. The second kappa shape index (κ2) is 7.58. The summed E-state index contributed by atoms with van der Waals surface area (Å²) in [5.41, 5.74) is 2.34. The van der Waals surface area contributed by atoms with Crippen LogP contribution in [-0.2, 0) is 4.79 Å². The minimum Gasteiger partial charge on any atom is -0.481 e. The van der Waals surface area contributed by atoms with E-state index in [0.717, 1.165) is 17.7 Å². The van der Waals surface area contributed by atoms with Crippen LogP contribution in [0.4, 0.5) is 0 Å². The first-order valence-corrected chi connectivity index (χ1v) is 7.64. The van der Waals surface area contributed by atoms with E-state index in [0.29, 0.717) is 12.0 Å². The van der Waals surface area contributed by atoms with E-state index in [1.165, 1.54) is 0 Å². The second-order valence-corrected chi connectivity index (χ2v) is 5.49. The lowest BCUT2D eigenvalue weighted by molar-refractivity contribution is -0.141. The van der Waals surface area contributed by atoms with Crippen LogP contribution in [0.15, 0.2) is 36.7 Å². The van der Waals surface area contributed by atoms with Gasteiger partial charge in [0.2, 0.25) is 0 Å². The third-order valence-corrected chi connectivity index (χ3v) is 3.71. The van der Waals surface area contributed by atoms with Crippen LogP contribution >= 0.6 is 0 Å². The van der Waals surface area contributed by atoms with Crippen LogP contribution < -0.4 is 5.32 Å². The van der Waals surface area contributed by atoms with Crippen molar-refractivity contribution in [2.75, 3.05) is 6.54 Å². The van der Waals surface area contributed by atoms with E-state index < -0.39 is 11.9 Å². The molecule has 0 fully saturated rings. The number of carboxylic acid groups (broad SMARTS) is 1. The molecule has 2 N–H and O–H groups in total. The van der Waals surface area contributed by atoms with E-state index in [-0.39, 0.29) is 12.5 Å². The van der Waals surface area contributed by atoms with Crippen LogP contribution in [-0.4, -0.2) is 33.3 Å². The molecule has 1 atom stereocenters. The number of hydrogen-bond acceptors (Lipinski definition) is 3. The number of aliphatic carboxylic acids is 1. The zero-order chi connectivity index (χ0) is 16.8. The van der Waals surface area contributed by atoms with Crippen LogP contribution in [0.25, 0.3) is 5.69 Å². The van der Waals surface area contributed by atoms with Gasteiger partial charge in [0.15, 0.2) is 0 Å². The van der Waals surface area contributed by atoms with Gasteiger partial charge in [0, 0.05) is 24.5 Å². The van der Waals surface area contributed by atoms with E-state index in [4.69, 9.17) is 5.11 Å². The van der Waals surface area contributed by atoms with Gasteiger partial charge in [-0.05, 0) is 43.2 Å². The molecule has 0 aliphatic heterocycles. The Bertz CT molecular complexity index is 680. The highest BCUT2D eigenvalue weighted by Crippen LogP contribution is 2.15. The van der Waals surface area contributed by atoms with Crippen LogP contribution in [0.3, 0.4) is 0 Å². The van der Waals surface area contributed by atoms with Gasteiger partial charge in [-0.15, -0.1) is 0 Å². The molecule has 1 aromatic carbocycles. The number of carbonyl (C=O) groups excluding carboxylic acids is 1. The fraction of sp³-hybridized carbons (Fsp3) is 0.353. The zero-order valence-electron chi connectivity index (χ0n) is 13.3. The molecule has 0 aliphatic carbocycles. The van der Waals surface area contributed by atoms with Gasteiger partial charge in [0.25, 0.3) is 5.91 Å². The Balaban J connectivity index is 2.05. The molecule has 0 bridgehead atoms. The van der Waals surface area contributed by atoms with Crippen molar-refractivity contribution in [2.24, 2.45) is 5.92 Å². The van der Waals surface area contributed by atoms with Crippen molar-refractivity contribution in [1.82, 2.24) is 15.1 Å². The molecule has 1 aromatic heterocycles. The number of hydrogen-bond donors (Lipinski definition) is 2. The van der Waals surface area contributed by atoms with Crippen LogP contribution in [0.2, 0.25) is 0 Å². The Morgan fingerprint density at radius 1 is 1.39 bits per heavy atom. The maximum atomic E-state index is 12.2. The van der Waals surface area contributed by atoms with E-state index in [2.05, 4.69) is 10.4 Å². The Morgan fingerprint density at radius 2 is 2.17 bits per heavy atom. The molecular weight excluding hydrogens is 294 g/mol. The number of nitrogens with one attached hydrogen (secondary N) is 1. The van der Waals surface area contributed by atoms with Gasteiger partial charge in [0.05, 0.1) is 11.6 Å². The highest BCUT2D eigenvalue weighted by molar-refractivity contribution is 5.94. The summed E-state index contributed by atoms with van der Waals surface area (Å²) >= 11 is 0. The third kappa shape index (κ3) is 4.18. The molecule has 0 saturated heterocycles. The fourth-order valence-corrected chi connectivity index (χ4v) is 2.44. The molecule has 1 unspecified atom stereocenters. The molecule has 0 spiro atoms. The van der Waals surface area contributed by atoms with Gasteiger partial charge in [-0.2, -0.15) is 5.10 Å². The minimum atomic E-state index is -0.877. The Morgan fingerprint density at radius 3 is 2.74 bits per heavy atom. The van der Waals surface area contributed by atoms with Crippen molar-refractivity contribution >= 4 is 11.9 Å². The van der Waals surface area contributed by atoms with E-state index in [9.17, 15) is 9.59 Å².